The van der Waals surface area contributed by atoms with Crippen LogP contribution < -0.4 is 10.1 Å². The Kier molecular flexibility index (Phi) is 6.04. The van der Waals surface area contributed by atoms with Crippen LogP contribution in [0.15, 0.2) is 48.7 Å². The molecule has 3 heterocycles. The summed E-state index contributed by atoms with van der Waals surface area (Å²) in [7, 11) is 0. The topological polar surface area (TPSA) is 74.7 Å². The normalized spacial score (nSPS) is 20.6. The summed E-state index contributed by atoms with van der Waals surface area (Å²) in [5.41, 5.74) is 5.62. The monoisotopic (exact) mass is 459 g/mol. The Balaban J connectivity index is 1.31. The highest BCUT2D eigenvalue weighted by Gasteiger charge is 2.45. The van der Waals surface area contributed by atoms with Crippen LogP contribution in [0.4, 0.5) is 0 Å². The lowest BCUT2D eigenvalue weighted by molar-refractivity contribution is -0.141. The predicted molar refractivity (Wildman–Crippen MR) is 134 cm³/mol. The summed E-state index contributed by atoms with van der Waals surface area (Å²) in [6, 6.07) is 14.3. The third-order valence-electron chi connectivity index (χ3n) is 7.74. The molecule has 1 aromatic heterocycles. The molecular weight excluding hydrogens is 426 g/mol. The number of rotatable bonds is 4. The fourth-order valence-electron chi connectivity index (χ4n) is 5.68. The van der Waals surface area contributed by atoms with Gasteiger partial charge in [-0.05, 0) is 87.0 Å². The van der Waals surface area contributed by atoms with Crippen LogP contribution in [0.1, 0.15) is 37.3 Å². The largest absolute Gasteiger partial charge is 0.481 e. The van der Waals surface area contributed by atoms with Gasteiger partial charge in [0.05, 0.1) is 5.52 Å². The number of ether oxygens (including phenoxy) is 1. The second-order valence-corrected chi connectivity index (χ2v) is 9.86. The maximum Gasteiger partial charge on any atom is 0.263 e. The maximum absolute atomic E-state index is 13.1. The van der Waals surface area contributed by atoms with Crippen molar-refractivity contribution in [2.24, 2.45) is 5.41 Å². The Labute approximate surface area is 201 Å². The molecule has 2 aliphatic rings. The molecule has 0 bridgehead atoms. The van der Waals surface area contributed by atoms with Crippen molar-refractivity contribution in [3.8, 4) is 16.9 Å². The fourth-order valence-corrected chi connectivity index (χ4v) is 5.68. The third kappa shape index (κ3) is 4.05. The average molecular weight is 460 g/mol. The molecule has 0 radical (unpaired) electrons. The highest BCUT2D eigenvalue weighted by molar-refractivity contribution is 5.96. The number of aliphatic hydroxyl groups excluding tert-OH is 1. The van der Waals surface area contributed by atoms with Crippen LogP contribution in [0, 0.1) is 19.3 Å². The zero-order valence-electron chi connectivity index (χ0n) is 20.2. The minimum absolute atomic E-state index is 0.00682. The molecule has 0 aliphatic carbocycles. The molecule has 2 N–H and O–H groups in total. The lowest BCUT2D eigenvalue weighted by Gasteiger charge is -2.41. The number of nitrogens with zero attached hydrogens (tertiary/aromatic N) is 2. The Bertz CT molecular complexity index is 1200. The van der Waals surface area contributed by atoms with E-state index in [0.29, 0.717) is 18.8 Å². The highest BCUT2D eigenvalue weighted by Crippen LogP contribution is 2.40. The first kappa shape index (κ1) is 22.8. The fraction of sp³-hybridized carbons (Fsp3) is 0.429. The smallest absolute Gasteiger partial charge is 0.263 e. The third-order valence-corrected chi connectivity index (χ3v) is 7.74. The first-order valence-electron chi connectivity index (χ1n) is 12.2. The highest BCUT2D eigenvalue weighted by atomic mass is 16.5. The van der Waals surface area contributed by atoms with E-state index in [2.05, 4.69) is 48.4 Å². The molecule has 0 saturated carbocycles. The maximum atomic E-state index is 13.1. The number of carbonyl (C=O) groups is 1. The molecule has 178 valence electrons. The molecule has 6 nitrogen and oxygen atoms in total. The number of amides is 1. The zero-order valence-corrected chi connectivity index (χ0v) is 20.2. The van der Waals surface area contributed by atoms with Gasteiger partial charge in [-0.1, -0.05) is 18.2 Å². The molecule has 5 rings (SSSR count). The van der Waals surface area contributed by atoms with E-state index < -0.39 is 12.3 Å². The summed E-state index contributed by atoms with van der Waals surface area (Å²) in [6.07, 6.45) is 3.40. The van der Waals surface area contributed by atoms with Crippen LogP contribution in [-0.2, 0) is 4.79 Å². The molecule has 1 spiro atoms. The van der Waals surface area contributed by atoms with Crippen LogP contribution in [0.25, 0.3) is 22.0 Å². The second-order valence-electron chi connectivity index (χ2n) is 9.86. The van der Waals surface area contributed by atoms with Gasteiger partial charge in [0, 0.05) is 36.2 Å². The van der Waals surface area contributed by atoms with Gasteiger partial charge in [0.25, 0.3) is 5.91 Å². The summed E-state index contributed by atoms with van der Waals surface area (Å²) < 4.78 is 6.08. The molecule has 2 aromatic carbocycles. The predicted octanol–water partition coefficient (Wildman–Crippen LogP) is 4.21. The van der Waals surface area contributed by atoms with Crippen LogP contribution in [0.2, 0.25) is 0 Å². The summed E-state index contributed by atoms with van der Waals surface area (Å²) in [6.45, 7) is 8.23. The minimum atomic E-state index is -0.583. The minimum Gasteiger partial charge on any atom is -0.481 e. The van der Waals surface area contributed by atoms with Crippen molar-refractivity contribution in [1.82, 2.24) is 15.2 Å². The average Bonchev–Trinajstić information content (AvgIpc) is 3.18. The Morgan fingerprint density at radius 2 is 1.88 bits per heavy atom. The van der Waals surface area contributed by atoms with E-state index in [9.17, 15) is 9.90 Å². The number of benzene rings is 2. The van der Waals surface area contributed by atoms with Crippen molar-refractivity contribution in [2.75, 3.05) is 19.6 Å². The summed E-state index contributed by atoms with van der Waals surface area (Å²) >= 11 is 0. The summed E-state index contributed by atoms with van der Waals surface area (Å²) in [5, 5.41) is 14.5. The molecular formula is C28H33N3O3. The van der Waals surface area contributed by atoms with Gasteiger partial charge in [0.2, 0.25) is 0 Å². The van der Waals surface area contributed by atoms with Gasteiger partial charge in [0.15, 0.2) is 6.10 Å². The van der Waals surface area contributed by atoms with E-state index in [-0.39, 0.29) is 11.3 Å². The molecule has 6 heteroatoms. The van der Waals surface area contributed by atoms with Gasteiger partial charge in [-0.2, -0.15) is 0 Å². The first-order chi connectivity index (χ1) is 16.4. The SMILES string of the molecule is Cc1cccc(C)c1-c1ccnc2cc(O[C@H](C)C(=O)N3CCC4(CCNC4O)CC3)ccc12. The van der Waals surface area contributed by atoms with Crippen molar-refractivity contribution in [3.63, 3.8) is 0 Å². The van der Waals surface area contributed by atoms with Gasteiger partial charge >= 0.3 is 0 Å². The Morgan fingerprint density at radius 1 is 1.15 bits per heavy atom. The van der Waals surface area contributed by atoms with Crippen molar-refractivity contribution < 1.29 is 14.6 Å². The number of aryl methyl sites for hydroxylation is 2. The van der Waals surface area contributed by atoms with E-state index in [1.165, 1.54) is 16.7 Å². The lowest BCUT2D eigenvalue weighted by atomic mass is 9.76. The number of piperidine rings is 1. The van der Waals surface area contributed by atoms with Gasteiger partial charge in [-0.15, -0.1) is 0 Å². The number of carbonyl (C=O) groups excluding carboxylic acids is 1. The van der Waals surface area contributed by atoms with Crippen molar-refractivity contribution >= 4 is 16.8 Å². The van der Waals surface area contributed by atoms with Crippen molar-refractivity contribution in [3.05, 3.63) is 59.8 Å². The number of pyridine rings is 1. The van der Waals surface area contributed by atoms with E-state index in [1.54, 1.807) is 0 Å². The Hall–Kier alpha value is -2.96. The van der Waals surface area contributed by atoms with Gasteiger partial charge < -0.3 is 14.7 Å². The number of aromatic nitrogens is 1. The van der Waals surface area contributed by atoms with Gasteiger partial charge in [-0.25, -0.2) is 0 Å². The van der Waals surface area contributed by atoms with E-state index >= 15 is 0 Å². The number of aliphatic hydroxyl groups is 1. The van der Waals surface area contributed by atoms with E-state index in [1.807, 2.05) is 36.2 Å². The molecule has 2 aliphatic heterocycles. The first-order valence-corrected chi connectivity index (χ1v) is 12.2. The van der Waals surface area contributed by atoms with Crippen LogP contribution in [0.3, 0.4) is 0 Å². The molecule has 2 fully saturated rings. The number of hydrogen-bond donors (Lipinski definition) is 2. The number of nitrogens with one attached hydrogen (secondary N) is 1. The molecule has 2 saturated heterocycles. The lowest BCUT2D eigenvalue weighted by Crippen LogP contribution is -2.50. The molecule has 1 unspecified atom stereocenters. The zero-order chi connectivity index (χ0) is 23.9. The van der Waals surface area contributed by atoms with Crippen molar-refractivity contribution in [1.29, 1.82) is 0 Å². The number of hydrogen-bond acceptors (Lipinski definition) is 5. The van der Waals surface area contributed by atoms with E-state index in [0.717, 1.165) is 42.3 Å². The molecule has 34 heavy (non-hydrogen) atoms. The Morgan fingerprint density at radius 3 is 2.56 bits per heavy atom. The van der Waals surface area contributed by atoms with Gasteiger partial charge in [0.1, 0.15) is 12.0 Å². The van der Waals surface area contributed by atoms with Crippen LogP contribution >= 0.6 is 0 Å². The molecule has 2 atom stereocenters. The quantitative estimate of drug-likeness (QED) is 0.612. The molecule has 1 amide bonds. The number of likely N-dealkylation sites (tertiary alicyclic amines) is 1. The van der Waals surface area contributed by atoms with Crippen molar-refractivity contribution in [2.45, 2.75) is 52.4 Å². The molecule has 3 aromatic rings. The standard InChI is InChI=1S/C28H33N3O3/c1-18-5-4-6-19(2)25(18)23-9-13-29-24-17-21(7-8-22(23)24)34-20(3)26(32)31-15-11-28(12-16-31)10-14-30-27(28)33/h4-9,13,17,20,27,30,33H,10-12,14-16H2,1-3H3/t20-,27?/m1/s1. The number of fused-ring (bicyclic) bond motifs is 1. The second kappa shape index (κ2) is 9.01. The van der Waals surface area contributed by atoms with Crippen LogP contribution in [0.5, 0.6) is 5.75 Å². The van der Waals surface area contributed by atoms with E-state index in [4.69, 9.17) is 4.74 Å². The van der Waals surface area contributed by atoms with Gasteiger partial charge in [-0.3, -0.25) is 15.1 Å². The summed E-state index contributed by atoms with van der Waals surface area (Å²) in [4.78, 5) is 19.5. The summed E-state index contributed by atoms with van der Waals surface area (Å²) in [5.74, 6) is 0.635. The van der Waals surface area contributed by atoms with Crippen LogP contribution in [-0.4, -0.2) is 52.9 Å².